The Bertz CT molecular complexity index is 359. The topological polar surface area (TPSA) is 55.5 Å². The van der Waals surface area contributed by atoms with Crippen molar-refractivity contribution in [1.82, 2.24) is 0 Å². The summed E-state index contributed by atoms with van der Waals surface area (Å²) in [5.41, 5.74) is 6.57. The van der Waals surface area contributed by atoms with Gasteiger partial charge in [-0.25, -0.2) is 0 Å². The highest BCUT2D eigenvalue weighted by Gasteiger charge is 2.07. The third kappa shape index (κ3) is 19.4. The van der Waals surface area contributed by atoms with E-state index < -0.39 is 0 Å². The SMILES string of the molecule is CC.CC(C)(N)CCO.Cc1ccc(SOCCC(C)C)cc1. The van der Waals surface area contributed by atoms with Crippen LogP contribution in [0.5, 0.6) is 0 Å². The van der Waals surface area contributed by atoms with Crippen molar-refractivity contribution >= 4 is 12.0 Å². The summed E-state index contributed by atoms with van der Waals surface area (Å²) in [6.45, 7) is 15.3. The Hall–Kier alpha value is -0.550. The van der Waals surface area contributed by atoms with Crippen LogP contribution in [-0.2, 0) is 4.18 Å². The van der Waals surface area contributed by atoms with Crippen LogP contribution < -0.4 is 5.73 Å². The number of benzene rings is 1. The number of nitrogens with two attached hydrogens (primary N) is 1. The first-order valence-electron chi connectivity index (χ1n) is 8.50. The van der Waals surface area contributed by atoms with Gasteiger partial charge in [0, 0.05) is 29.1 Å². The monoisotopic (exact) mass is 343 g/mol. The third-order valence-electron chi connectivity index (χ3n) is 2.71. The summed E-state index contributed by atoms with van der Waals surface area (Å²) in [6.07, 6.45) is 1.80. The lowest BCUT2D eigenvalue weighted by molar-refractivity contribution is 0.254. The third-order valence-corrected chi connectivity index (χ3v) is 3.46. The van der Waals surface area contributed by atoms with Crippen molar-refractivity contribution in [2.45, 2.75) is 71.7 Å². The molecule has 4 heteroatoms. The molecule has 0 unspecified atom stereocenters. The molecule has 0 radical (unpaired) electrons. The summed E-state index contributed by atoms with van der Waals surface area (Å²) in [5, 5.41) is 8.32. The zero-order valence-corrected chi connectivity index (χ0v) is 16.9. The molecule has 3 nitrogen and oxygen atoms in total. The van der Waals surface area contributed by atoms with Gasteiger partial charge < -0.3 is 15.0 Å². The van der Waals surface area contributed by atoms with Crippen molar-refractivity contribution in [3.05, 3.63) is 29.8 Å². The van der Waals surface area contributed by atoms with Crippen LogP contribution in [0.1, 0.15) is 59.9 Å². The Morgan fingerprint density at radius 1 is 1.17 bits per heavy atom. The molecule has 0 aliphatic rings. The normalized spacial score (nSPS) is 10.5. The van der Waals surface area contributed by atoms with Crippen LogP contribution in [0.2, 0.25) is 0 Å². The fraction of sp³-hybridized carbons (Fsp3) is 0.684. The first kappa shape index (κ1) is 24.7. The average molecular weight is 344 g/mol. The Balaban J connectivity index is 0. The van der Waals surface area contributed by atoms with E-state index in [0.717, 1.165) is 13.0 Å². The summed E-state index contributed by atoms with van der Waals surface area (Å²) in [4.78, 5) is 1.18. The predicted molar refractivity (Wildman–Crippen MR) is 104 cm³/mol. The smallest absolute Gasteiger partial charge is 0.0620 e. The van der Waals surface area contributed by atoms with Gasteiger partial charge in [-0.05, 0) is 51.7 Å². The predicted octanol–water partition coefficient (Wildman–Crippen LogP) is 5.20. The van der Waals surface area contributed by atoms with E-state index in [9.17, 15) is 0 Å². The Morgan fingerprint density at radius 3 is 2.04 bits per heavy atom. The highest BCUT2D eigenvalue weighted by atomic mass is 32.2. The summed E-state index contributed by atoms with van der Waals surface area (Å²) >= 11 is 1.47. The first-order valence-corrected chi connectivity index (χ1v) is 9.24. The lowest BCUT2D eigenvalue weighted by Gasteiger charge is -2.15. The number of rotatable bonds is 7. The van der Waals surface area contributed by atoms with E-state index in [1.165, 1.54) is 22.5 Å². The number of aliphatic hydroxyl groups is 1. The highest BCUT2D eigenvalue weighted by molar-refractivity contribution is 7.94. The van der Waals surface area contributed by atoms with Crippen molar-refractivity contribution in [3.8, 4) is 0 Å². The van der Waals surface area contributed by atoms with Crippen molar-refractivity contribution in [1.29, 1.82) is 0 Å². The first-order chi connectivity index (χ1) is 10.7. The minimum Gasteiger partial charge on any atom is -0.396 e. The van der Waals surface area contributed by atoms with Gasteiger partial charge in [0.2, 0.25) is 0 Å². The van der Waals surface area contributed by atoms with Crippen LogP contribution in [0.3, 0.4) is 0 Å². The fourth-order valence-corrected chi connectivity index (χ4v) is 1.84. The van der Waals surface area contributed by atoms with Crippen molar-refractivity contribution in [2.24, 2.45) is 11.7 Å². The van der Waals surface area contributed by atoms with E-state index in [0.29, 0.717) is 12.3 Å². The molecule has 1 rings (SSSR count). The maximum absolute atomic E-state index is 8.32. The zero-order valence-electron chi connectivity index (χ0n) is 16.1. The summed E-state index contributed by atoms with van der Waals surface area (Å²) in [5.74, 6) is 0.716. The molecule has 136 valence electrons. The molecule has 0 heterocycles. The average Bonchev–Trinajstić information content (AvgIpc) is 2.47. The van der Waals surface area contributed by atoms with Gasteiger partial charge in [-0.3, -0.25) is 0 Å². The molecule has 1 aromatic rings. The van der Waals surface area contributed by atoms with E-state index in [1.54, 1.807) is 0 Å². The quantitative estimate of drug-likeness (QED) is 0.528. The highest BCUT2D eigenvalue weighted by Crippen LogP contribution is 2.19. The molecule has 1 aromatic carbocycles. The van der Waals surface area contributed by atoms with E-state index >= 15 is 0 Å². The van der Waals surface area contributed by atoms with E-state index in [-0.39, 0.29) is 12.1 Å². The van der Waals surface area contributed by atoms with Crippen LogP contribution in [0, 0.1) is 12.8 Å². The maximum Gasteiger partial charge on any atom is 0.0620 e. The molecule has 23 heavy (non-hydrogen) atoms. The molecule has 3 N–H and O–H groups in total. The molecule has 0 spiro atoms. The summed E-state index contributed by atoms with van der Waals surface area (Å²) < 4.78 is 5.49. The number of aliphatic hydroxyl groups excluding tert-OH is 1. The van der Waals surface area contributed by atoms with E-state index in [4.69, 9.17) is 15.0 Å². The van der Waals surface area contributed by atoms with E-state index in [2.05, 4.69) is 45.0 Å². The molecular formula is C19H37NO2S. The molecule has 0 atom stereocenters. The summed E-state index contributed by atoms with van der Waals surface area (Å²) in [7, 11) is 0. The van der Waals surface area contributed by atoms with Gasteiger partial charge in [0.25, 0.3) is 0 Å². The molecule has 0 saturated heterocycles. The van der Waals surface area contributed by atoms with Crippen LogP contribution in [0.25, 0.3) is 0 Å². The van der Waals surface area contributed by atoms with Crippen LogP contribution >= 0.6 is 12.0 Å². The van der Waals surface area contributed by atoms with Gasteiger partial charge in [-0.15, -0.1) is 0 Å². The van der Waals surface area contributed by atoms with Gasteiger partial charge in [-0.2, -0.15) is 0 Å². The summed E-state index contributed by atoms with van der Waals surface area (Å²) in [6, 6.07) is 8.40. The van der Waals surface area contributed by atoms with Crippen molar-refractivity contribution < 1.29 is 9.29 Å². The second kappa shape index (κ2) is 15.0. The van der Waals surface area contributed by atoms with Crippen LogP contribution in [-0.4, -0.2) is 23.9 Å². The lowest BCUT2D eigenvalue weighted by Crippen LogP contribution is -2.32. The standard InChI is InChI=1S/C12H18OS.C5H13NO.C2H6/c1-10(2)8-9-13-14-12-6-4-11(3)5-7-12;1-5(2,6)3-4-7;1-2/h4-7,10H,8-9H2,1-3H3;7H,3-4,6H2,1-2H3;1-2H3. The largest absolute Gasteiger partial charge is 0.396 e. The molecule has 0 fully saturated rings. The van der Waals surface area contributed by atoms with Gasteiger partial charge >= 0.3 is 0 Å². The molecular weight excluding hydrogens is 306 g/mol. The van der Waals surface area contributed by atoms with Gasteiger partial charge in [0.15, 0.2) is 0 Å². The zero-order chi connectivity index (χ0) is 18.3. The lowest BCUT2D eigenvalue weighted by atomic mass is 10.0. The second-order valence-electron chi connectivity index (χ2n) is 6.36. The Morgan fingerprint density at radius 2 is 1.70 bits per heavy atom. The fourth-order valence-electron chi connectivity index (χ4n) is 1.28. The molecule has 0 aliphatic heterocycles. The van der Waals surface area contributed by atoms with Crippen molar-refractivity contribution in [3.63, 3.8) is 0 Å². The van der Waals surface area contributed by atoms with Crippen molar-refractivity contribution in [2.75, 3.05) is 13.2 Å². The number of aryl methyl sites for hydroxylation is 1. The minimum absolute atomic E-state index is 0.184. The molecule has 0 bridgehead atoms. The van der Waals surface area contributed by atoms with Gasteiger partial charge in [0.05, 0.1) is 6.61 Å². The van der Waals surface area contributed by atoms with E-state index in [1.807, 2.05) is 27.7 Å². The molecule has 0 aliphatic carbocycles. The Kier molecular flexibility index (Phi) is 16.1. The van der Waals surface area contributed by atoms with Crippen LogP contribution in [0.15, 0.2) is 29.2 Å². The van der Waals surface area contributed by atoms with Gasteiger partial charge in [-0.1, -0.05) is 45.4 Å². The molecule has 0 amide bonds. The molecule has 0 saturated carbocycles. The molecule has 0 aromatic heterocycles. The Labute approximate surface area is 148 Å². The number of hydrogen-bond acceptors (Lipinski definition) is 4. The number of hydrogen-bond donors (Lipinski definition) is 2. The second-order valence-corrected chi connectivity index (χ2v) is 7.24. The van der Waals surface area contributed by atoms with Gasteiger partial charge in [0.1, 0.15) is 0 Å². The van der Waals surface area contributed by atoms with Crippen LogP contribution in [0.4, 0.5) is 0 Å². The maximum atomic E-state index is 8.32. The minimum atomic E-state index is -0.200.